The van der Waals surface area contributed by atoms with Crippen LogP contribution in [0.25, 0.3) is 0 Å². The first-order valence-electron chi connectivity index (χ1n) is 5.49. The lowest BCUT2D eigenvalue weighted by molar-refractivity contribution is 0.502. The first-order chi connectivity index (χ1) is 7.36. The second kappa shape index (κ2) is 4.96. The standard InChI is InChI=1S/C13H16FN/c14-12-8-4-5-9-13(12)15-10-11-6-2-1-3-7-11/h1-2,4-5,8-9,11,15H,3,6-7,10H2/t11-/m1/s1. The molecule has 2 rings (SSSR count). The zero-order valence-electron chi connectivity index (χ0n) is 8.75. The average molecular weight is 205 g/mol. The van der Waals surface area contributed by atoms with Crippen LogP contribution < -0.4 is 5.32 Å². The largest absolute Gasteiger partial charge is 0.382 e. The molecule has 0 amide bonds. The van der Waals surface area contributed by atoms with E-state index in [4.69, 9.17) is 0 Å². The van der Waals surface area contributed by atoms with Gasteiger partial charge in [-0.1, -0.05) is 24.3 Å². The monoisotopic (exact) mass is 205 g/mol. The van der Waals surface area contributed by atoms with Gasteiger partial charge in [0.2, 0.25) is 0 Å². The van der Waals surface area contributed by atoms with Crippen molar-refractivity contribution >= 4 is 5.69 Å². The molecule has 1 aromatic carbocycles. The molecule has 0 radical (unpaired) electrons. The van der Waals surface area contributed by atoms with Gasteiger partial charge in [0.1, 0.15) is 5.82 Å². The van der Waals surface area contributed by atoms with Gasteiger partial charge in [0.05, 0.1) is 5.69 Å². The van der Waals surface area contributed by atoms with Gasteiger partial charge in [0.25, 0.3) is 0 Å². The molecule has 80 valence electrons. The molecule has 1 aromatic rings. The predicted molar refractivity (Wildman–Crippen MR) is 61.4 cm³/mol. The molecule has 2 heteroatoms. The van der Waals surface area contributed by atoms with Crippen LogP contribution in [-0.2, 0) is 0 Å². The Balaban J connectivity index is 1.87. The second-order valence-electron chi connectivity index (χ2n) is 4.01. The smallest absolute Gasteiger partial charge is 0.146 e. The van der Waals surface area contributed by atoms with Crippen molar-refractivity contribution in [1.82, 2.24) is 0 Å². The first kappa shape index (κ1) is 10.2. The molecule has 0 saturated carbocycles. The normalized spacial score (nSPS) is 20.2. The molecule has 0 fully saturated rings. The number of anilines is 1. The van der Waals surface area contributed by atoms with Gasteiger partial charge < -0.3 is 5.32 Å². The number of hydrogen-bond acceptors (Lipinski definition) is 1. The predicted octanol–water partition coefficient (Wildman–Crippen LogP) is 3.59. The third kappa shape index (κ3) is 2.82. The van der Waals surface area contributed by atoms with Crippen LogP contribution in [0.3, 0.4) is 0 Å². The molecule has 1 atom stereocenters. The quantitative estimate of drug-likeness (QED) is 0.743. The minimum Gasteiger partial charge on any atom is -0.382 e. The fourth-order valence-electron chi connectivity index (χ4n) is 1.90. The van der Waals surface area contributed by atoms with Crippen molar-refractivity contribution in [3.05, 3.63) is 42.2 Å². The highest BCUT2D eigenvalue weighted by Gasteiger charge is 2.10. The molecule has 1 N–H and O–H groups in total. The van der Waals surface area contributed by atoms with Crippen LogP contribution in [0.1, 0.15) is 19.3 Å². The number of benzene rings is 1. The summed E-state index contributed by atoms with van der Waals surface area (Å²) in [4.78, 5) is 0. The third-order valence-corrected chi connectivity index (χ3v) is 2.83. The Morgan fingerprint density at radius 3 is 2.87 bits per heavy atom. The van der Waals surface area contributed by atoms with E-state index in [2.05, 4.69) is 17.5 Å². The van der Waals surface area contributed by atoms with Crippen LogP contribution in [0.5, 0.6) is 0 Å². The average Bonchev–Trinajstić information content (AvgIpc) is 2.29. The number of rotatable bonds is 3. The van der Waals surface area contributed by atoms with Crippen molar-refractivity contribution in [2.75, 3.05) is 11.9 Å². The molecule has 0 heterocycles. The van der Waals surface area contributed by atoms with E-state index in [1.54, 1.807) is 12.1 Å². The van der Waals surface area contributed by atoms with Crippen LogP contribution in [0, 0.1) is 11.7 Å². The van der Waals surface area contributed by atoms with Crippen LogP contribution in [-0.4, -0.2) is 6.54 Å². The summed E-state index contributed by atoms with van der Waals surface area (Å²) in [5.41, 5.74) is 0.618. The molecule has 0 aliphatic heterocycles. The van der Waals surface area contributed by atoms with E-state index in [0.29, 0.717) is 11.6 Å². The molecule has 0 saturated heterocycles. The van der Waals surface area contributed by atoms with Crippen molar-refractivity contribution in [3.63, 3.8) is 0 Å². The molecule has 0 unspecified atom stereocenters. The van der Waals surface area contributed by atoms with Crippen molar-refractivity contribution in [2.45, 2.75) is 19.3 Å². The van der Waals surface area contributed by atoms with Gasteiger partial charge in [-0.05, 0) is 37.3 Å². The molecule has 15 heavy (non-hydrogen) atoms. The molecule has 0 aromatic heterocycles. The van der Waals surface area contributed by atoms with Crippen molar-refractivity contribution in [3.8, 4) is 0 Å². The number of hydrogen-bond donors (Lipinski definition) is 1. The van der Waals surface area contributed by atoms with Crippen LogP contribution in [0.4, 0.5) is 10.1 Å². The molecule has 1 nitrogen and oxygen atoms in total. The fraction of sp³-hybridized carbons (Fsp3) is 0.385. The van der Waals surface area contributed by atoms with Crippen LogP contribution >= 0.6 is 0 Å². The maximum atomic E-state index is 13.3. The molecule has 1 aliphatic rings. The highest BCUT2D eigenvalue weighted by molar-refractivity contribution is 5.44. The van der Waals surface area contributed by atoms with E-state index in [1.165, 1.54) is 12.5 Å². The van der Waals surface area contributed by atoms with E-state index >= 15 is 0 Å². The van der Waals surface area contributed by atoms with E-state index < -0.39 is 0 Å². The van der Waals surface area contributed by atoms with E-state index in [-0.39, 0.29) is 5.82 Å². The fourth-order valence-corrected chi connectivity index (χ4v) is 1.90. The van der Waals surface area contributed by atoms with E-state index in [9.17, 15) is 4.39 Å². The Morgan fingerprint density at radius 1 is 1.27 bits per heavy atom. The Morgan fingerprint density at radius 2 is 2.13 bits per heavy atom. The minimum absolute atomic E-state index is 0.163. The molecule has 1 aliphatic carbocycles. The van der Waals surface area contributed by atoms with Gasteiger partial charge in [0, 0.05) is 6.54 Å². The summed E-state index contributed by atoms with van der Waals surface area (Å²) in [7, 11) is 0. The highest BCUT2D eigenvalue weighted by Crippen LogP contribution is 2.20. The van der Waals surface area contributed by atoms with Crippen molar-refractivity contribution in [1.29, 1.82) is 0 Å². The number of halogens is 1. The van der Waals surface area contributed by atoms with Gasteiger partial charge >= 0.3 is 0 Å². The molecular formula is C13H16FN. The first-order valence-corrected chi connectivity index (χ1v) is 5.49. The lowest BCUT2D eigenvalue weighted by Crippen LogP contribution is -2.15. The van der Waals surface area contributed by atoms with Gasteiger partial charge in [-0.25, -0.2) is 4.39 Å². The summed E-state index contributed by atoms with van der Waals surface area (Å²) in [5.74, 6) is 0.485. The lowest BCUT2D eigenvalue weighted by atomic mass is 9.94. The van der Waals surface area contributed by atoms with Crippen molar-refractivity contribution < 1.29 is 4.39 Å². The molecule has 0 spiro atoms. The van der Waals surface area contributed by atoms with Crippen LogP contribution in [0.2, 0.25) is 0 Å². The maximum absolute atomic E-state index is 13.3. The highest BCUT2D eigenvalue weighted by atomic mass is 19.1. The molecular weight excluding hydrogens is 189 g/mol. The summed E-state index contributed by atoms with van der Waals surface area (Å²) in [5, 5.41) is 3.17. The second-order valence-corrected chi connectivity index (χ2v) is 4.01. The topological polar surface area (TPSA) is 12.0 Å². The Hall–Kier alpha value is -1.31. The summed E-state index contributed by atoms with van der Waals surface area (Å²) >= 11 is 0. The summed E-state index contributed by atoms with van der Waals surface area (Å²) in [6, 6.07) is 6.84. The Bertz CT molecular complexity index is 346. The maximum Gasteiger partial charge on any atom is 0.146 e. The van der Waals surface area contributed by atoms with Gasteiger partial charge in [-0.15, -0.1) is 0 Å². The minimum atomic E-state index is -0.163. The van der Waals surface area contributed by atoms with Crippen molar-refractivity contribution in [2.24, 2.45) is 5.92 Å². The van der Waals surface area contributed by atoms with Gasteiger partial charge in [0.15, 0.2) is 0 Å². The SMILES string of the molecule is Fc1ccccc1NC[C@@H]1CC=CCC1. The zero-order chi connectivity index (χ0) is 10.5. The summed E-state index contributed by atoms with van der Waals surface area (Å²) < 4.78 is 13.3. The molecule has 0 bridgehead atoms. The lowest BCUT2D eigenvalue weighted by Gasteiger charge is -2.18. The van der Waals surface area contributed by atoms with Crippen LogP contribution in [0.15, 0.2) is 36.4 Å². The van der Waals surface area contributed by atoms with Gasteiger partial charge in [-0.3, -0.25) is 0 Å². The summed E-state index contributed by atoms with van der Waals surface area (Å²) in [6.45, 7) is 0.866. The number of allylic oxidation sites excluding steroid dienone is 2. The van der Waals surface area contributed by atoms with E-state index in [0.717, 1.165) is 19.4 Å². The number of nitrogens with one attached hydrogen (secondary N) is 1. The van der Waals surface area contributed by atoms with Gasteiger partial charge in [-0.2, -0.15) is 0 Å². The summed E-state index contributed by atoms with van der Waals surface area (Å²) in [6.07, 6.45) is 7.92. The van der Waals surface area contributed by atoms with E-state index in [1.807, 2.05) is 6.07 Å². The number of para-hydroxylation sites is 1. The third-order valence-electron chi connectivity index (χ3n) is 2.83. The Kier molecular flexibility index (Phi) is 3.38. The Labute approximate surface area is 90.0 Å². The zero-order valence-corrected chi connectivity index (χ0v) is 8.75.